The van der Waals surface area contributed by atoms with E-state index in [2.05, 4.69) is 36.4 Å². The molecule has 0 aliphatic heterocycles. The van der Waals surface area contributed by atoms with Crippen LogP contribution in [0.1, 0.15) is 35.4 Å². The Balaban J connectivity index is 1.47. The van der Waals surface area contributed by atoms with Crippen LogP contribution in [0.15, 0.2) is 78.9 Å². The molecule has 126 valence electrons. The zero-order valence-corrected chi connectivity index (χ0v) is 14.2. The summed E-state index contributed by atoms with van der Waals surface area (Å²) in [6, 6.07) is 26.8. The standard InChI is InChI=1S/C23H22O2/c1-3-7-18(8-4-1)16-24-22-13-21(20-11-12-20)14-23(15-22)25-17-19-9-5-2-6-10-19/h1-10,13-15,20H,11-12,16-17H2. The van der Waals surface area contributed by atoms with Crippen LogP contribution in [0.2, 0.25) is 0 Å². The van der Waals surface area contributed by atoms with Gasteiger partial charge >= 0.3 is 0 Å². The van der Waals surface area contributed by atoms with E-state index in [1.807, 2.05) is 42.5 Å². The summed E-state index contributed by atoms with van der Waals surface area (Å²) in [6.45, 7) is 1.15. The van der Waals surface area contributed by atoms with Gasteiger partial charge < -0.3 is 9.47 Å². The molecule has 0 saturated heterocycles. The summed E-state index contributed by atoms with van der Waals surface area (Å²) in [7, 11) is 0. The molecule has 0 spiro atoms. The van der Waals surface area contributed by atoms with Crippen molar-refractivity contribution in [1.82, 2.24) is 0 Å². The third kappa shape index (κ3) is 4.42. The first kappa shape index (κ1) is 15.8. The van der Waals surface area contributed by atoms with E-state index < -0.39 is 0 Å². The minimum Gasteiger partial charge on any atom is -0.489 e. The molecule has 0 radical (unpaired) electrons. The fourth-order valence-electron chi connectivity index (χ4n) is 2.89. The molecule has 2 heteroatoms. The van der Waals surface area contributed by atoms with Crippen LogP contribution in [-0.2, 0) is 13.2 Å². The molecule has 3 aromatic carbocycles. The number of hydrogen-bond donors (Lipinski definition) is 0. The van der Waals surface area contributed by atoms with Crippen LogP contribution in [-0.4, -0.2) is 0 Å². The molecule has 1 fully saturated rings. The van der Waals surface area contributed by atoms with E-state index in [1.165, 1.54) is 29.5 Å². The van der Waals surface area contributed by atoms with Crippen LogP contribution in [0.3, 0.4) is 0 Å². The van der Waals surface area contributed by atoms with E-state index in [-0.39, 0.29) is 0 Å². The zero-order chi connectivity index (χ0) is 16.9. The molecule has 2 nitrogen and oxygen atoms in total. The molecule has 3 aromatic rings. The molecule has 0 unspecified atom stereocenters. The summed E-state index contributed by atoms with van der Waals surface area (Å²) in [5, 5.41) is 0. The molecule has 0 aromatic heterocycles. The van der Waals surface area contributed by atoms with E-state index in [9.17, 15) is 0 Å². The van der Waals surface area contributed by atoms with Crippen LogP contribution in [0.25, 0.3) is 0 Å². The Kier molecular flexibility index (Phi) is 4.69. The molecule has 4 rings (SSSR count). The lowest BCUT2D eigenvalue weighted by molar-refractivity contribution is 0.289. The maximum absolute atomic E-state index is 6.02. The minimum absolute atomic E-state index is 0.576. The first-order valence-corrected chi connectivity index (χ1v) is 8.85. The van der Waals surface area contributed by atoms with Gasteiger partial charge in [-0.1, -0.05) is 60.7 Å². The maximum atomic E-state index is 6.02. The molecule has 0 heterocycles. The molecular formula is C23H22O2. The summed E-state index contributed by atoms with van der Waals surface area (Å²) in [4.78, 5) is 0. The molecule has 0 amide bonds. The lowest BCUT2D eigenvalue weighted by atomic mass is 10.1. The third-order valence-corrected chi connectivity index (χ3v) is 4.45. The summed E-state index contributed by atoms with van der Waals surface area (Å²) in [5.74, 6) is 2.44. The van der Waals surface area contributed by atoms with Crippen molar-refractivity contribution in [2.75, 3.05) is 0 Å². The average molecular weight is 330 g/mol. The highest BCUT2D eigenvalue weighted by Gasteiger charge is 2.24. The summed E-state index contributed by atoms with van der Waals surface area (Å²) < 4.78 is 12.0. The molecule has 0 bridgehead atoms. The predicted molar refractivity (Wildman–Crippen MR) is 100.0 cm³/mol. The van der Waals surface area contributed by atoms with Crippen LogP contribution in [0, 0.1) is 0 Å². The van der Waals surface area contributed by atoms with Crippen molar-refractivity contribution < 1.29 is 9.47 Å². The predicted octanol–water partition coefficient (Wildman–Crippen LogP) is 5.72. The van der Waals surface area contributed by atoms with Crippen molar-refractivity contribution in [3.63, 3.8) is 0 Å². The number of rotatable bonds is 7. The highest BCUT2D eigenvalue weighted by atomic mass is 16.5. The van der Waals surface area contributed by atoms with Crippen LogP contribution >= 0.6 is 0 Å². The van der Waals surface area contributed by atoms with E-state index in [0.29, 0.717) is 19.1 Å². The van der Waals surface area contributed by atoms with Gasteiger partial charge in [-0.05, 0) is 47.6 Å². The first-order valence-electron chi connectivity index (χ1n) is 8.85. The second-order valence-corrected chi connectivity index (χ2v) is 6.56. The topological polar surface area (TPSA) is 18.5 Å². The van der Waals surface area contributed by atoms with Gasteiger partial charge in [0.25, 0.3) is 0 Å². The lowest BCUT2D eigenvalue weighted by Crippen LogP contribution is -1.99. The lowest BCUT2D eigenvalue weighted by Gasteiger charge is -2.12. The Hall–Kier alpha value is -2.74. The Morgan fingerprint density at radius 2 is 1.12 bits per heavy atom. The van der Waals surface area contributed by atoms with Crippen molar-refractivity contribution in [2.45, 2.75) is 32.0 Å². The zero-order valence-electron chi connectivity index (χ0n) is 14.2. The minimum atomic E-state index is 0.576. The van der Waals surface area contributed by atoms with Crippen LogP contribution < -0.4 is 9.47 Å². The Morgan fingerprint density at radius 1 is 0.640 bits per heavy atom. The quantitative estimate of drug-likeness (QED) is 0.551. The fraction of sp³-hybridized carbons (Fsp3) is 0.217. The Bertz CT molecular complexity index is 746. The highest BCUT2D eigenvalue weighted by Crippen LogP contribution is 2.42. The Morgan fingerprint density at radius 3 is 1.56 bits per heavy atom. The van der Waals surface area contributed by atoms with Crippen molar-refractivity contribution in [3.8, 4) is 11.5 Å². The third-order valence-electron chi connectivity index (χ3n) is 4.45. The average Bonchev–Trinajstić information content (AvgIpc) is 3.52. The number of hydrogen-bond acceptors (Lipinski definition) is 2. The van der Waals surface area contributed by atoms with Crippen molar-refractivity contribution in [1.29, 1.82) is 0 Å². The van der Waals surface area contributed by atoms with Gasteiger partial charge in [-0.2, -0.15) is 0 Å². The normalized spacial score (nSPS) is 13.4. The monoisotopic (exact) mass is 330 g/mol. The largest absolute Gasteiger partial charge is 0.489 e. The van der Waals surface area contributed by atoms with Crippen molar-refractivity contribution >= 4 is 0 Å². The smallest absolute Gasteiger partial charge is 0.123 e. The summed E-state index contributed by atoms with van der Waals surface area (Å²) >= 11 is 0. The van der Waals surface area contributed by atoms with Crippen LogP contribution in [0.4, 0.5) is 0 Å². The molecule has 0 atom stereocenters. The van der Waals surface area contributed by atoms with Gasteiger partial charge in [-0.3, -0.25) is 0 Å². The molecule has 0 N–H and O–H groups in total. The van der Waals surface area contributed by atoms with Crippen LogP contribution in [0.5, 0.6) is 11.5 Å². The van der Waals surface area contributed by atoms with Gasteiger partial charge in [0.15, 0.2) is 0 Å². The highest BCUT2D eigenvalue weighted by molar-refractivity contribution is 5.41. The van der Waals surface area contributed by atoms with Gasteiger partial charge in [-0.15, -0.1) is 0 Å². The molecule has 25 heavy (non-hydrogen) atoms. The van der Waals surface area contributed by atoms with Gasteiger partial charge in [-0.25, -0.2) is 0 Å². The summed E-state index contributed by atoms with van der Waals surface area (Å²) in [6.07, 6.45) is 2.53. The second kappa shape index (κ2) is 7.43. The fourth-order valence-corrected chi connectivity index (χ4v) is 2.89. The molecule has 1 saturated carbocycles. The van der Waals surface area contributed by atoms with E-state index >= 15 is 0 Å². The maximum Gasteiger partial charge on any atom is 0.123 e. The van der Waals surface area contributed by atoms with E-state index in [1.54, 1.807) is 0 Å². The van der Waals surface area contributed by atoms with Gasteiger partial charge in [0, 0.05) is 6.07 Å². The van der Waals surface area contributed by atoms with E-state index in [4.69, 9.17) is 9.47 Å². The van der Waals surface area contributed by atoms with Gasteiger partial charge in [0.1, 0.15) is 24.7 Å². The second-order valence-electron chi connectivity index (χ2n) is 6.56. The molecular weight excluding hydrogens is 308 g/mol. The molecule has 1 aliphatic carbocycles. The Labute approximate surface area is 149 Å². The van der Waals surface area contributed by atoms with Crippen molar-refractivity contribution in [2.24, 2.45) is 0 Å². The summed E-state index contributed by atoms with van der Waals surface area (Å²) in [5.41, 5.74) is 3.67. The number of benzene rings is 3. The van der Waals surface area contributed by atoms with Crippen molar-refractivity contribution in [3.05, 3.63) is 95.6 Å². The van der Waals surface area contributed by atoms with Gasteiger partial charge in [0.2, 0.25) is 0 Å². The molecule has 1 aliphatic rings. The van der Waals surface area contributed by atoms with Gasteiger partial charge in [0.05, 0.1) is 0 Å². The number of ether oxygens (including phenoxy) is 2. The van der Waals surface area contributed by atoms with E-state index in [0.717, 1.165) is 11.5 Å². The first-order chi connectivity index (χ1) is 12.4. The SMILES string of the molecule is c1ccc(COc2cc(OCc3ccccc3)cc(C3CC3)c2)cc1.